The Hall–Kier alpha value is -2.17. The number of aliphatic carboxylic acids is 1. The van der Waals surface area contributed by atoms with Crippen LogP contribution in [0.5, 0.6) is 0 Å². The standard InChI is InChI=1S/C20H27NO4/c1-13(2)10-20(11-14(3)4)12-16(22)21(19(20)25)17(18(23)24)15-8-6-5-7-9-15/h5-9,13-14,17H,10-12H2,1-4H3,(H,23,24)/t17-/m0/s1. The van der Waals surface area contributed by atoms with E-state index in [0.29, 0.717) is 18.4 Å². The zero-order valence-corrected chi connectivity index (χ0v) is 15.4. The summed E-state index contributed by atoms with van der Waals surface area (Å²) in [6, 6.07) is 7.23. The Bertz CT molecular complexity index is 641. The summed E-state index contributed by atoms with van der Waals surface area (Å²) in [6.07, 6.45) is 1.28. The number of amides is 2. The predicted molar refractivity (Wildman–Crippen MR) is 94.6 cm³/mol. The molecule has 1 fully saturated rings. The van der Waals surface area contributed by atoms with Gasteiger partial charge in [0.05, 0.1) is 5.41 Å². The second-order valence-electron chi connectivity index (χ2n) is 7.87. The van der Waals surface area contributed by atoms with E-state index in [9.17, 15) is 19.5 Å². The fraction of sp³-hybridized carbons (Fsp3) is 0.550. The highest BCUT2D eigenvalue weighted by molar-refractivity contribution is 6.08. The molecule has 2 amide bonds. The van der Waals surface area contributed by atoms with Gasteiger partial charge < -0.3 is 5.11 Å². The molecular formula is C20H27NO4. The highest BCUT2D eigenvalue weighted by Gasteiger charge is 2.55. The minimum absolute atomic E-state index is 0.0960. The number of nitrogens with zero attached hydrogens (tertiary/aromatic N) is 1. The van der Waals surface area contributed by atoms with Crippen molar-refractivity contribution >= 4 is 17.8 Å². The number of imide groups is 1. The molecule has 0 saturated carbocycles. The van der Waals surface area contributed by atoms with Gasteiger partial charge in [0, 0.05) is 6.42 Å². The van der Waals surface area contributed by atoms with Gasteiger partial charge in [-0.3, -0.25) is 14.5 Å². The van der Waals surface area contributed by atoms with Crippen molar-refractivity contribution in [2.75, 3.05) is 0 Å². The maximum absolute atomic E-state index is 13.3. The SMILES string of the molecule is CC(C)CC1(CC(C)C)CC(=O)N([C@H](C(=O)O)c2ccccc2)C1=O. The molecule has 25 heavy (non-hydrogen) atoms. The van der Waals surface area contributed by atoms with Gasteiger partial charge in [-0.1, -0.05) is 58.0 Å². The lowest BCUT2D eigenvalue weighted by Crippen LogP contribution is -2.42. The van der Waals surface area contributed by atoms with Gasteiger partial charge in [-0.15, -0.1) is 0 Å². The fourth-order valence-electron chi connectivity index (χ4n) is 4.08. The summed E-state index contributed by atoms with van der Waals surface area (Å²) in [5, 5.41) is 9.71. The van der Waals surface area contributed by atoms with Crippen molar-refractivity contribution in [2.24, 2.45) is 17.3 Å². The second kappa shape index (κ2) is 7.38. The summed E-state index contributed by atoms with van der Waals surface area (Å²) in [6.45, 7) is 8.09. The molecule has 1 atom stereocenters. The molecule has 136 valence electrons. The Morgan fingerprint density at radius 1 is 1.08 bits per heavy atom. The number of rotatable bonds is 7. The van der Waals surface area contributed by atoms with E-state index in [4.69, 9.17) is 0 Å². The van der Waals surface area contributed by atoms with E-state index >= 15 is 0 Å². The van der Waals surface area contributed by atoms with Gasteiger partial charge in [0.15, 0.2) is 6.04 Å². The maximum atomic E-state index is 13.3. The smallest absolute Gasteiger partial charge is 0.331 e. The van der Waals surface area contributed by atoms with Crippen LogP contribution in [0.25, 0.3) is 0 Å². The lowest BCUT2D eigenvalue weighted by atomic mass is 9.73. The van der Waals surface area contributed by atoms with E-state index in [0.717, 1.165) is 4.90 Å². The van der Waals surface area contributed by atoms with Gasteiger partial charge in [-0.2, -0.15) is 0 Å². The van der Waals surface area contributed by atoms with E-state index in [2.05, 4.69) is 0 Å². The Labute approximate surface area is 149 Å². The van der Waals surface area contributed by atoms with Crippen LogP contribution in [-0.2, 0) is 14.4 Å². The predicted octanol–water partition coefficient (Wildman–Crippen LogP) is 3.65. The summed E-state index contributed by atoms with van der Waals surface area (Å²) in [5.74, 6) is -1.41. The summed E-state index contributed by atoms with van der Waals surface area (Å²) in [7, 11) is 0. The minimum Gasteiger partial charge on any atom is -0.479 e. The third kappa shape index (κ3) is 3.91. The van der Waals surface area contributed by atoms with Crippen molar-refractivity contribution in [3.05, 3.63) is 35.9 Å². The molecule has 1 aromatic rings. The number of carbonyl (C=O) groups excluding carboxylic acids is 2. The maximum Gasteiger partial charge on any atom is 0.331 e. The molecular weight excluding hydrogens is 318 g/mol. The van der Waals surface area contributed by atoms with E-state index in [1.807, 2.05) is 27.7 Å². The Kier molecular flexibility index (Phi) is 5.65. The molecule has 1 aliphatic rings. The Morgan fingerprint density at radius 2 is 1.60 bits per heavy atom. The van der Waals surface area contributed by atoms with Crippen molar-refractivity contribution in [3.63, 3.8) is 0 Å². The fourth-order valence-corrected chi connectivity index (χ4v) is 4.08. The topological polar surface area (TPSA) is 74.7 Å². The first-order chi connectivity index (χ1) is 11.7. The number of carboxylic acid groups (broad SMARTS) is 1. The molecule has 0 radical (unpaired) electrons. The van der Waals surface area contributed by atoms with Crippen LogP contribution in [0.2, 0.25) is 0 Å². The Balaban J connectivity index is 2.45. The van der Waals surface area contributed by atoms with E-state index in [1.165, 1.54) is 0 Å². The number of benzene rings is 1. The lowest BCUT2D eigenvalue weighted by molar-refractivity contribution is -0.156. The molecule has 1 N–H and O–H groups in total. The van der Waals surface area contributed by atoms with Gasteiger partial charge >= 0.3 is 5.97 Å². The summed E-state index contributed by atoms with van der Waals surface area (Å²) >= 11 is 0. The van der Waals surface area contributed by atoms with E-state index < -0.39 is 17.4 Å². The molecule has 0 aromatic heterocycles. The minimum atomic E-state index is -1.26. The molecule has 0 spiro atoms. The Morgan fingerprint density at radius 3 is 2.04 bits per heavy atom. The molecule has 1 aliphatic heterocycles. The largest absolute Gasteiger partial charge is 0.479 e. The third-order valence-electron chi connectivity index (χ3n) is 4.64. The molecule has 5 heteroatoms. The van der Waals surface area contributed by atoms with Gasteiger partial charge in [0.1, 0.15) is 0 Å². The monoisotopic (exact) mass is 345 g/mol. The lowest BCUT2D eigenvalue weighted by Gasteiger charge is -2.31. The van der Waals surface area contributed by atoms with Crippen molar-refractivity contribution in [2.45, 2.75) is 53.0 Å². The van der Waals surface area contributed by atoms with Gasteiger partial charge in [-0.25, -0.2) is 4.79 Å². The first-order valence-corrected chi connectivity index (χ1v) is 8.82. The summed E-state index contributed by atoms with van der Waals surface area (Å²) < 4.78 is 0. The molecule has 0 aliphatic carbocycles. The van der Waals surface area contributed by atoms with Crippen LogP contribution in [-0.4, -0.2) is 27.8 Å². The van der Waals surface area contributed by atoms with E-state index in [-0.39, 0.29) is 30.1 Å². The molecule has 1 heterocycles. The van der Waals surface area contributed by atoms with Crippen LogP contribution >= 0.6 is 0 Å². The summed E-state index contributed by atoms with van der Waals surface area (Å²) in [4.78, 5) is 38.9. The van der Waals surface area contributed by atoms with Crippen molar-refractivity contribution in [1.82, 2.24) is 4.90 Å². The van der Waals surface area contributed by atoms with Gasteiger partial charge in [0.2, 0.25) is 11.8 Å². The number of hydrogen-bond acceptors (Lipinski definition) is 3. The van der Waals surface area contributed by atoms with Crippen molar-refractivity contribution in [3.8, 4) is 0 Å². The zero-order chi connectivity index (χ0) is 18.8. The van der Waals surface area contributed by atoms with Crippen LogP contribution in [0, 0.1) is 17.3 Å². The molecule has 0 unspecified atom stereocenters. The van der Waals surface area contributed by atoms with Crippen LogP contribution < -0.4 is 0 Å². The highest BCUT2D eigenvalue weighted by Crippen LogP contribution is 2.46. The average Bonchev–Trinajstić information content (AvgIpc) is 2.71. The van der Waals surface area contributed by atoms with Crippen LogP contribution in [0.3, 0.4) is 0 Å². The molecule has 5 nitrogen and oxygen atoms in total. The highest BCUT2D eigenvalue weighted by atomic mass is 16.4. The zero-order valence-electron chi connectivity index (χ0n) is 15.4. The number of likely N-dealkylation sites (tertiary alicyclic amines) is 1. The molecule has 1 saturated heterocycles. The first kappa shape index (κ1) is 19.2. The van der Waals surface area contributed by atoms with Crippen molar-refractivity contribution < 1.29 is 19.5 Å². The normalized spacial score (nSPS) is 18.2. The van der Waals surface area contributed by atoms with Crippen LogP contribution in [0.4, 0.5) is 0 Å². The number of carbonyl (C=O) groups is 3. The van der Waals surface area contributed by atoms with Crippen LogP contribution in [0.1, 0.15) is 58.6 Å². The quantitative estimate of drug-likeness (QED) is 0.766. The van der Waals surface area contributed by atoms with E-state index in [1.54, 1.807) is 30.3 Å². The van der Waals surface area contributed by atoms with Gasteiger partial charge in [0.25, 0.3) is 0 Å². The second-order valence-corrected chi connectivity index (χ2v) is 7.87. The molecule has 2 rings (SSSR count). The van der Waals surface area contributed by atoms with Crippen LogP contribution in [0.15, 0.2) is 30.3 Å². The number of hydrogen-bond donors (Lipinski definition) is 1. The molecule has 0 bridgehead atoms. The average molecular weight is 345 g/mol. The van der Waals surface area contributed by atoms with Gasteiger partial charge in [-0.05, 0) is 30.2 Å². The summed E-state index contributed by atoms with van der Waals surface area (Å²) in [5.41, 5.74) is -0.344. The number of carboxylic acids is 1. The van der Waals surface area contributed by atoms with Crippen molar-refractivity contribution in [1.29, 1.82) is 0 Å². The first-order valence-electron chi connectivity index (χ1n) is 8.82. The molecule has 1 aromatic carbocycles. The third-order valence-corrected chi connectivity index (χ3v) is 4.64.